The summed E-state index contributed by atoms with van der Waals surface area (Å²) in [6.07, 6.45) is 0. The predicted octanol–water partition coefficient (Wildman–Crippen LogP) is -0.164. The van der Waals surface area contributed by atoms with E-state index in [1.54, 1.807) is 0 Å². The van der Waals surface area contributed by atoms with Crippen molar-refractivity contribution in [3.05, 3.63) is 42.5 Å². The van der Waals surface area contributed by atoms with E-state index in [-0.39, 0.29) is 52.8 Å². The number of rotatable bonds is 1. The zero-order chi connectivity index (χ0) is 6.69. The second-order valence-electron chi connectivity index (χ2n) is 2.15. The van der Waals surface area contributed by atoms with Crippen LogP contribution in [-0.4, -0.2) is 0 Å². The second-order valence-corrected chi connectivity index (χ2v) is 2.15. The molecular weight excluding hydrogens is 147 g/mol. The second kappa shape index (κ2) is 5.27. The topological polar surface area (TPSA) is 0 Å². The molecule has 0 heterocycles. The Balaban J connectivity index is 0. The molecule has 0 N–H and O–H groups in total. The van der Waals surface area contributed by atoms with Crippen molar-refractivity contribution < 1.29 is 52.8 Å². The smallest absolute Gasteiger partial charge is 1.00 e. The first kappa shape index (κ1) is 10.6. The maximum atomic E-state index is 3.83. The Kier molecular flexibility index (Phi) is 5.59. The first-order chi connectivity index (χ1) is 4.30. The van der Waals surface area contributed by atoms with Crippen LogP contribution in [0.15, 0.2) is 36.9 Å². The first-order valence-electron chi connectivity index (χ1n) is 3.01. The third-order valence-corrected chi connectivity index (χ3v) is 1.27. The molecule has 48 valence electrons. The van der Waals surface area contributed by atoms with Gasteiger partial charge in [0.25, 0.3) is 0 Å². The van der Waals surface area contributed by atoms with Crippen LogP contribution >= 0.6 is 0 Å². The van der Waals surface area contributed by atoms with Gasteiger partial charge in [-0.15, -0.1) is 0 Å². The van der Waals surface area contributed by atoms with Gasteiger partial charge in [0.2, 0.25) is 0 Å². The average Bonchev–Trinajstić information content (AvgIpc) is 1.90. The molecular formula is C9H11K. The minimum absolute atomic E-state index is 0. The van der Waals surface area contributed by atoms with Crippen molar-refractivity contribution in [3.8, 4) is 0 Å². The average molecular weight is 158 g/mol. The van der Waals surface area contributed by atoms with Crippen LogP contribution in [0.2, 0.25) is 0 Å². The van der Waals surface area contributed by atoms with Gasteiger partial charge in [-0.2, -0.15) is 0 Å². The van der Waals surface area contributed by atoms with Crippen LogP contribution in [0.4, 0.5) is 0 Å². The summed E-state index contributed by atoms with van der Waals surface area (Å²) in [5, 5.41) is 0. The van der Waals surface area contributed by atoms with E-state index in [4.69, 9.17) is 0 Å². The van der Waals surface area contributed by atoms with E-state index in [2.05, 4.69) is 18.7 Å². The molecule has 0 aliphatic carbocycles. The van der Waals surface area contributed by atoms with Crippen molar-refractivity contribution in [2.75, 3.05) is 0 Å². The van der Waals surface area contributed by atoms with Crippen molar-refractivity contribution in [1.82, 2.24) is 0 Å². The molecule has 0 radical (unpaired) electrons. The molecule has 0 saturated heterocycles. The minimum Gasteiger partial charge on any atom is -1.00 e. The number of allylic oxidation sites excluding steroid dienone is 1. The zero-order valence-corrected chi connectivity index (χ0v) is 9.72. The van der Waals surface area contributed by atoms with Crippen molar-refractivity contribution in [2.24, 2.45) is 0 Å². The molecule has 1 heteroatoms. The van der Waals surface area contributed by atoms with E-state index in [0.29, 0.717) is 0 Å². The van der Waals surface area contributed by atoms with Gasteiger partial charge in [0.1, 0.15) is 0 Å². The van der Waals surface area contributed by atoms with Gasteiger partial charge in [-0.3, -0.25) is 0 Å². The van der Waals surface area contributed by atoms with Crippen molar-refractivity contribution >= 4 is 5.57 Å². The van der Waals surface area contributed by atoms with Gasteiger partial charge in [0, 0.05) is 0 Å². The van der Waals surface area contributed by atoms with E-state index >= 15 is 0 Å². The standard InChI is InChI=1S/C9H10.K.H/c1-8(2)9-6-4-3-5-7-9;;/h3-7H,1H2,2H3;;/q;+1;-1. The van der Waals surface area contributed by atoms with Crippen LogP contribution in [-0.2, 0) is 0 Å². The third-order valence-electron chi connectivity index (χ3n) is 1.27. The predicted molar refractivity (Wildman–Crippen MR) is 42.3 cm³/mol. The normalized spacial score (nSPS) is 8.10. The van der Waals surface area contributed by atoms with Crippen LogP contribution < -0.4 is 51.4 Å². The largest absolute Gasteiger partial charge is 1.00 e. The molecule has 0 aliphatic heterocycles. The summed E-state index contributed by atoms with van der Waals surface area (Å²) in [5.74, 6) is 0. The van der Waals surface area contributed by atoms with Crippen molar-refractivity contribution in [2.45, 2.75) is 6.92 Å². The first-order valence-corrected chi connectivity index (χ1v) is 3.01. The van der Waals surface area contributed by atoms with E-state index in [1.165, 1.54) is 5.56 Å². The molecule has 0 fully saturated rings. The summed E-state index contributed by atoms with van der Waals surface area (Å²) in [6.45, 7) is 5.83. The Morgan fingerprint density at radius 3 is 2.10 bits per heavy atom. The summed E-state index contributed by atoms with van der Waals surface area (Å²) >= 11 is 0. The van der Waals surface area contributed by atoms with Crippen LogP contribution in [0.25, 0.3) is 5.57 Å². The van der Waals surface area contributed by atoms with Crippen LogP contribution in [0.5, 0.6) is 0 Å². The summed E-state index contributed by atoms with van der Waals surface area (Å²) in [4.78, 5) is 0. The molecule has 0 aromatic heterocycles. The molecule has 1 aromatic rings. The Labute approximate surface area is 106 Å². The molecule has 10 heavy (non-hydrogen) atoms. The van der Waals surface area contributed by atoms with Crippen molar-refractivity contribution in [3.63, 3.8) is 0 Å². The molecule has 0 bridgehead atoms. The van der Waals surface area contributed by atoms with Gasteiger partial charge in [0.05, 0.1) is 0 Å². The fourth-order valence-corrected chi connectivity index (χ4v) is 0.723. The van der Waals surface area contributed by atoms with Crippen LogP contribution in [0.1, 0.15) is 13.9 Å². The number of benzene rings is 1. The molecule has 1 rings (SSSR count). The molecule has 0 spiro atoms. The SMILES string of the molecule is C=C(C)c1ccccc1.[H-].[K+]. The minimum atomic E-state index is 0. The van der Waals surface area contributed by atoms with E-state index in [0.717, 1.165) is 5.57 Å². The summed E-state index contributed by atoms with van der Waals surface area (Å²) in [6, 6.07) is 10.2. The monoisotopic (exact) mass is 158 g/mol. The Bertz CT molecular complexity index is 206. The molecule has 0 atom stereocenters. The van der Waals surface area contributed by atoms with Gasteiger partial charge in [0.15, 0.2) is 0 Å². The number of hydrogen-bond donors (Lipinski definition) is 0. The maximum absolute atomic E-state index is 3.83. The zero-order valence-electron chi connectivity index (χ0n) is 7.59. The molecule has 0 saturated carbocycles. The molecule has 0 amide bonds. The van der Waals surface area contributed by atoms with Crippen LogP contribution in [0, 0.1) is 0 Å². The number of hydrogen-bond acceptors (Lipinski definition) is 0. The van der Waals surface area contributed by atoms with Gasteiger partial charge >= 0.3 is 51.4 Å². The summed E-state index contributed by atoms with van der Waals surface area (Å²) in [5.41, 5.74) is 2.34. The maximum Gasteiger partial charge on any atom is 1.00 e. The Hall–Kier alpha value is 0.596. The fraction of sp³-hybridized carbons (Fsp3) is 0.111. The molecule has 1 aromatic carbocycles. The van der Waals surface area contributed by atoms with Gasteiger partial charge < -0.3 is 1.43 Å². The van der Waals surface area contributed by atoms with E-state index in [1.807, 2.05) is 25.1 Å². The summed E-state index contributed by atoms with van der Waals surface area (Å²) in [7, 11) is 0. The van der Waals surface area contributed by atoms with Crippen LogP contribution in [0.3, 0.4) is 0 Å². The fourth-order valence-electron chi connectivity index (χ4n) is 0.723. The summed E-state index contributed by atoms with van der Waals surface area (Å²) < 4.78 is 0. The van der Waals surface area contributed by atoms with Gasteiger partial charge in [-0.25, -0.2) is 0 Å². The van der Waals surface area contributed by atoms with E-state index < -0.39 is 0 Å². The quantitative estimate of drug-likeness (QED) is 0.498. The third kappa shape index (κ3) is 3.13. The van der Waals surface area contributed by atoms with Crippen molar-refractivity contribution in [1.29, 1.82) is 0 Å². The Morgan fingerprint density at radius 2 is 1.80 bits per heavy atom. The molecule has 0 aliphatic rings. The van der Waals surface area contributed by atoms with Gasteiger partial charge in [-0.1, -0.05) is 42.5 Å². The van der Waals surface area contributed by atoms with Gasteiger partial charge in [-0.05, 0) is 12.5 Å². The molecule has 0 unspecified atom stereocenters. The molecule has 0 nitrogen and oxygen atoms in total. The van der Waals surface area contributed by atoms with E-state index in [9.17, 15) is 0 Å². The Morgan fingerprint density at radius 1 is 1.30 bits per heavy atom.